The Kier molecular flexibility index (Phi) is 4.62. The summed E-state index contributed by atoms with van der Waals surface area (Å²) < 4.78 is 5.32. The van der Waals surface area contributed by atoms with Gasteiger partial charge in [0, 0.05) is 17.8 Å². The first-order valence-electron chi connectivity index (χ1n) is 7.79. The third-order valence-electron chi connectivity index (χ3n) is 3.88. The predicted octanol–water partition coefficient (Wildman–Crippen LogP) is 4.97. The van der Waals surface area contributed by atoms with E-state index < -0.39 is 0 Å². The van der Waals surface area contributed by atoms with Crippen molar-refractivity contribution in [2.45, 2.75) is 6.92 Å². The zero-order valence-electron chi connectivity index (χ0n) is 13.7. The molecule has 1 N–H and O–H groups in total. The van der Waals surface area contributed by atoms with Gasteiger partial charge in [0.15, 0.2) is 5.78 Å². The molecule has 3 aromatic rings. The molecule has 0 bridgehead atoms. The number of carbonyl (C=O) groups excluding carboxylic acids is 1. The van der Waals surface area contributed by atoms with Crippen LogP contribution in [0.3, 0.4) is 0 Å². The van der Waals surface area contributed by atoms with Crippen molar-refractivity contribution in [1.29, 1.82) is 0 Å². The molecule has 0 saturated heterocycles. The van der Waals surface area contributed by atoms with E-state index in [1.54, 1.807) is 19.4 Å². The number of methoxy groups -OCH3 is 1. The highest BCUT2D eigenvalue weighted by Crippen LogP contribution is 2.25. The maximum Gasteiger partial charge on any atom is 0.187 e. The molecule has 24 heavy (non-hydrogen) atoms. The van der Waals surface area contributed by atoms with Crippen LogP contribution in [-0.4, -0.2) is 12.9 Å². The second-order valence-corrected chi connectivity index (χ2v) is 5.57. The first kappa shape index (κ1) is 15.8. The summed E-state index contributed by atoms with van der Waals surface area (Å²) in [6, 6.07) is 19.5. The average Bonchev–Trinajstić information content (AvgIpc) is 2.61. The van der Waals surface area contributed by atoms with Crippen LogP contribution in [0.15, 0.2) is 72.9 Å². The number of ether oxygens (including phenoxy) is 1. The number of rotatable bonds is 5. The van der Waals surface area contributed by atoms with Gasteiger partial charge in [0.1, 0.15) is 5.75 Å². The fourth-order valence-corrected chi connectivity index (χ4v) is 2.67. The minimum atomic E-state index is -0.0362. The molecule has 0 aliphatic rings. The maximum absolute atomic E-state index is 12.5. The number of aryl methyl sites for hydroxylation is 1. The van der Waals surface area contributed by atoms with Crippen molar-refractivity contribution >= 4 is 22.2 Å². The number of fused-ring (bicyclic) bond motifs is 1. The fourth-order valence-electron chi connectivity index (χ4n) is 2.67. The molecule has 0 aliphatic heterocycles. The number of anilines is 1. The van der Waals surface area contributed by atoms with Crippen LogP contribution in [-0.2, 0) is 0 Å². The Bertz CT molecular complexity index is 907. The highest BCUT2D eigenvalue weighted by atomic mass is 16.5. The number of allylic oxidation sites excluding steroid dienone is 1. The summed E-state index contributed by atoms with van der Waals surface area (Å²) in [6.45, 7) is 2.01. The van der Waals surface area contributed by atoms with Crippen LogP contribution >= 0.6 is 0 Å². The predicted molar refractivity (Wildman–Crippen MR) is 98.8 cm³/mol. The molecular formula is C21H19NO2. The SMILES string of the molecule is COc1ccc(C)cc1N/C=C/C(=O)c1cccc2ccccc12. The molecule has 0 atom stereocenters. The van der Waals surface area contributed by atoms with Crippen LogP contribution in [0.4, 0.5) is 5.69 Å². The molecule has 0 fully saturated rings. The van der Waals surface area contributed by atoms with Gasteiger partial charge in [-0.1, -0.05) is 48.5 Å². The van der Waals surface area contributed by atoms with Crippen LogP contribution in [0.25, 0.3) is 10.8 Å². The molecule has 3 rings (SSSR count). The second-order valence-electron chi connectivity index (χ2n) is 5.57. The molecule has 3 nitrogen and oxygen atoms in total. The lowest BCUT2D eigenvalue weighted by Gasteiger charge is -2.09. The number of carbonyl (C=O) groups is 1. The zero-order chi connectivity index (χ0) is 16.9. The van der Waals surface area contributed by atoms with Gasteiger partial charge in [-0.05, 0) is 35.4 Å². The van der Waals surface area contributed by atoms with Crippen molar-refractivity contribution in [3.63, 3.8) is 0 Å². The normalized spacial score (nSPS) is 10.9. The number of nitrogens with one attached hydrogen (secondary N) is 1. The smallest absolute Gasteiger partial charge is 0.187 e. The molecule has 0 heterocycles. The van der Waals surface area contributed by atoms with Gasteiger partial charge in [-0.15, -0.1) is 0 Å². The van der Waals surface area contributed by atoms with Crippen LogP contribution in [0, 0.1) is 6.92 Å². The second kappa shape index (κ2) is 7.01. The van der Waals surface area contributed by atoms with Crippen LogP contribution in [0.5, 0.6) is 5.75 Å². The highest BCUT2D eigenvalue weighted by molar-refractivity contribution is 6.13. The quantitative estimate of drug-likeness (QED) is 0.533. The number of hydrogen-bond acceptors (Lipinski definition) is 3. The average molecular weight is 317 g/mol. The van der Waals surface area contributed by atoms with Gasteiger partial charge in [-0.3, -0.25) is 4.79 Å². The van der Waals surface area contributed by atoms with Gasteiger partial charge >= 0.3 is 0 Å². The Morgan fingerprint density at radius 1 is 1.04 bits per heavy atom. The Morgan fingerprint density at radius 3 is 2.67 bits per heavy atom. The fraction of sp³-hybridized carbons (Fsp3) is 0.0952. The molecule has 0 unspecified atom stereocenters. The van der Waals surface area contributed by atoms with Gasteiger partial charge in [0.2, 0.25) is 0 Å². The van der Waals surface area contributed by atoms with E-state index >= 15 is 0 Å². The molecule has 0 aromatic heterocycles. The summed E-state index contributed by atoms with van der Waals surface area (Å²) in [5.41, 5.74) is 2.65. The van der Waals surface area contributed by atoms with Gasteiger partial charge < -0.3 is 10.1 Å². The van der Waals surface area contributed by atoms with E-state index in [2.05, 4.69) is 5.32 Å². The summed E-state index contributed by atoms with van der Waals surface area (Å²) in [5.74, 6) is 0.703. The molecular weight excluding hydrogens is 298 g/mol. The molecule has 0 aliphatic carbocycles. The molecule has 0 spiro atoms. The Hall–Kier alpha value is -3.07. The minimum Gasteiger partial charge on any atom is -0.495 e. The van der Waals surface area contributed by atoms with Crippen LogP contribution in [0.1, 0.15) is 15.9 Å². The Labute approximate surface area is 141 Å². The Morgan fingerprint density at radius 2 is 1.83 bits per heavy atom. The summed E-state index contributed by atoms with van der Waals surface area (Å²) in [7, 11) is 1.63. The van der Waals surface area contributed by atoms with E-state index in [1.165, 1.54) is 0 Å². The van der Waals surface area contributed by atoms with Crippen molar-refractivity contribution in [3.8, 4) is 5.75 Å². The number of ketones is 1. The number of benzene rings is 3. The third-order valence-corrected chi connectivity index (χ3v) is 3.88. The van der Waals surface area contributed by atoms with E-state index in [0.717, 1.165) is 27.8 Å². The topological polar surface area (TPSA) is 38.3 Å². The van der Waals surface area contributed by atoms with Crippen molar-refractivity contribution in [1.82, 2.24) is 0 Å². The van der Waals surface area contributed by atoms with Gasteiger partial charge in [-0.25, -0.2) is 0 Å². The van der Waals surface area contributed by atoms with Crippen molar-refractivity contribution < 1.29 is 9.53 Å². The zero-order valence-corrected chi connectivity index (χ0v) is 13.7. The van der Waals surface area contributed by atoms with Crippen molar-refractivity contribution in [2.24, 2.45) is 0 Å². The van der Waals surface area contributed by atoms with E-state index in [1.807, 2.05) is 67.6 Å². The largest absolute Gasteiger partial charge is 0.495 e. The van der Waals surface area contributed by atoms with Crippen molar-refractivity contribution in [2.75, 3.05) is 12.4 Å². The lowest BCUT2D eigenvalue weighted by molar-refractivity contribution is 0.104. The Balaban J connectivity index is 1.82. The van der Waals surface area contributed by atoms with E-state index in [0.29, 0.717) is 5.56 Å². The lowest BCUT2D eigenvalue weighted by Crippen LogP contribution is -1.98. The maximum atomic E-state index is 12.5. The molecule has 120 valence electrons. The standard InChI is InChI=1S/C21H19NO2/c1-15-10-11-21(24-2)19(14-15)22-13-12-20(23)18-9-5-7-16-6-3-4-8-17(16)18/h3-14,22H,1-2H3/b13-12+. The summed E-state index contributed by atoms with van der Waals surface area (Å²) in [5, 5.41) is 5.15. The molecule has 0 amide bonds. The van der Waals surface area contributed by atoms with E-state index in [9.17, 15) is 4.79 Å². The highest BCUT2D eigenvalue weighted by Gasteiger charge is 2.06. The van der Waals surface area contributed by atoms with Gasteiger partial charge in [-0.2, -0.15) is 0 Å². The molecule has 3 heteroatoms. The van der Waals surface area contributed by atoms with Crippen LogP contribution < -0.4 is 10.1 Å². The van der Waals surface area contributed by atoms with E-state index in [-0.39, 0.29) is 5.78 Å². The van der Waals surface area contributed by atoms with Crippen LogP contribution in [0.2, 0.25) is 0 Å². The number of hydrogen-bond donors (Lipinski definition) is 1. The molecule has 0 radical (unpaired) electrons. The van der Waals surface area contributed by atoms with Gasteiger partial charge in [0.05, 0.1) is 12.8 Å². The van der Waals surface area contributed by atoms with Crippen molar-refractivity contribution in [3.05, 3.63) is 84.1 Å². The molecule has 3 aromatic carbocycles. The van der Waals surface area contributed by atoms with Gasteiger partial charge in [0.25, 0.3) is 0 Å². The third kappa shape index (κ3) is 3.30. The molecule has 0 saturated carbocycles. The first-order valence-corrected chi connectivity index (χ1v) is 7.79. The monoisotopic (exact) mass is 317 g/mol. The summed E-state index contributed by atoms with van der Waals surface area (Å²) >= 11 is 0. The lowest BCUT2D eigenvalue weighted by atomic mass is 10.0. The summed E-state index contributed by atoms with van der Waals surface area (Å²) in [6.07, 6.45) is 3.20. The first-order chi connectivity index (χ1) is 11.7. The summed E-state index contributed by atoms with van der Waals surface area (Å²) in [4.78, 5) is 12.5. The van der Waals surface area contributed by atoms with E-state index in [4.69, 9.17) is 4.74 Å². The minimum absolute atomic E-state index is 0.0362.